The van der Waals surface area contributed by atoms with Gasteiger partial charge in [0.15, 0.2) is 0 Å². The highest BCUT2D eigenvalue weighted by Gasteiger charge is 2.40. The van der Waals surface area contributed by atoms with E-state index < -0.39 is 29.7 Å². The first-order chi connectivity index (χ1) is 14.5. The Hall–Kier alpha value is -3.32. The van der Waals surface area contributed by atoms with Crippen LogP contribution >= 0.6 is 11.6 Å². The van der Waals surface area contributed by atoms with Crippen molar-refractivity contribution in [1.82, 2.24) is 14.9 Å². The van der Waals surface area contributed by atoms with Crippen molar-refractivity contribution in [2.24, 2.45) is 5.73 Å². The molecule has 2 aromatic carbocycles. The van der Waals surface area contributed by atoms with E-state index in [1.54, 1.807) is 36.4 Å². The lowest BCUT2D eigenvalue weighted by Crippen LogP contribution is -2.43. The Bertz CT molecular complexity index is 1100. The average molecular weight is 425 g/mol. The number of rotatable bonds is 5. The molecule has 0 spiro atoms. The maximum absolute atomic E-state index is 14.5. The second-order valence-corrected chi connectivity index (χ2v) is 7.46. The van der Waals surface area contributed by atoms with Crippen LogP contribution in [0.15, 0.2) is 61.1 Å². The van der Waals surface area contributed by atoms with Gasteiger partial charge in [0, 0.05) is 17.4 Å². The zero-order valence-corrected chi connectivity index (χ0v) is 16.6. The number of nitrogens with zero attached hydrogens (tertiary/aromatic N) is 3. The van der Waals surface area contributed by atoms with Crippen LogP contribution in [0.5, 0.6) is 0 Å². The summed E-state index contributed by atoms with van der Waals surface area (Å²) >= 11 is 6.10. The Morgan fingerprint density at radius 1 is 1.20 bits per heavy atom. The fourth-order valence-corrected chi connectivity index (χ4v) is 4.20. The van der Waals surface area contributed by atoms with Crippen LogP contribution in [-0.4, -0.2) is 26.7 Å². The Morgan fingerprint density at radius 2 is 1.97 bits per heavy atom. The minimum absolute atomic E-state index is 0.0654. The van der Waals surface area contributed by atoms with E-state index in [0.29, 0.717) is 29.5 Å². The molecule has 1 unspecified atom stereocenters. The van der Waals surface area contributed by atoms with Crippen LogP contribution in [0.3, 0.4) is 0 Å². The number of carbonyl (C=O) groups is 2. The molecular formula is C22H18ClFN4O2. The molecule has 0 bridgehead atoms. The highest BCUT2D eigenvalue weighted by atomic mass is 35.5. The fourth-order valence-electron chi connectivity index (χ4n) is 3.99. The summed E-state index contributed by atoms with van der Waals surface area (Å²) < 4.78 is 14.5. The molecule has 8 heteroatoms. The van der Waals surface area contributed by atoms with Crippen molar-refractivity contribution < 1.29 is 14.0 Å². The Kier molecular flexibility index (Phi) is 5.46. The smallest absolute Gasteiger partial charge is 0.275 e. The molecule has 30 heavy (non-hydrogen) atoms. The quantitative estimate of drug-likeness (QED) is 0.677. The normalized spacial score (nSPS) is 16.0. The lowest BCUT2D eigenvalue weighted by atomic mass is 9.98. The number of nitrogens with two attached hydrogens (primary N) is 1. The fraction of sp³-hybridized carbons (Fsp3) is 0.182. The minimum Gasteiger partial charge on any atom is -0.368 e. The number of aromatic nitrogens is 2. The summed E-state index contributed by atoms with van der Waals surface area (Å²) in [7, 11) is 0. The molecule has 4 rings (SSSR count). The number of halogens is 2. The number of benzene rings is 2. The van der Waals surface area contributed by atoms with E-state index in [2.05, 4.69) is 9.97 Å². The van der Waals surface area contributed by atoms with Gasteiger partial charge in [-0.2, -0.15) is 0 Å². The third-order valence-corrected chi connectivity index (χ3v) is 5.46. The van der Waals surface area contributed by atoms with Crippen molar-refractivity contribution in [3.05, 3.63) is 94.3 Å². The average Bonchev–Trinajstić information content (AvgIpc) is 3.16. The number of carbonyl (C=O) groups excluding carboxylic acids is 2. The zero-order valence-electron chi connectivity index (χ0n) is 15.8. The Balaban J connectivity index is 1.88. The summed E-state index contributed by atoms with van der Waals surface area (Å²) in [4.78, 5) is 35.5. The lowest BCUT2D eigenvalue weighted by Gasteiger charge is -2.35. The van der Waals surface area contributed by atoms with E-state index in [0.717, 1.165) is 0 Å². The summed E-state index contributed by atoms with van der Waals surface area (Å²) in [5, 5.41) is 0.223. The Labute approximate surface area is 177 Å². The van der Waals surface area contributed by atoms with Gasteiger partial charge in [-0.05, 0) is 41.7 Å². The van der Waals surface area contributed by atoms with E-state index in [1.165, 1.54) is 29.6 Å². The second-order valence-electron chi connectivity index (χ2n) is 7.03. The van der Waals surface area contributed by atoms with Gasteiger partial charge in [0.05, 0.1) is 12.2 Å². The van der Waals surface area contributed by atoms with Crippen LogP contribution < -0.4 is 5.73 Å². The maximum Gasteiger partial charge on any atom is 0.275 e. The molecule has 1 heterocycles. The van der Waals surface area contributed by atoms with Crippen molar-refractivity contribution in [2.75, 3.05) is 0 Å². The summed E-state index contributed by atoms with van der Waals surface area (Å²) in [6, 6.07) is 9.99. The molecule has 0 saturated heterocycles. The molecule has 1 aliphatic carbocycles. The molecule has 1 aromatic heterocycles. The van der Waals surface area contributed by atoms with Crippen LogP contribution in [0, 0.1) is 5.82 Å². The van der Waals surface area contributed by atoms with Gasteiger partial charge >= 0.3 is 0 Å². The molecule has 0 fully saturated rings. The molecule has 1 aliphatic rings. The number of primary amides is 1. The summed E-state index contributed by atoms with van der Waals surface area (Å²) in [5.74, 6) is -1.65. The van der Waals surface area contributed by atoms with Gasteiger partial charge in [0.1, 0.15) is 17.6 Å². The van der Waals surface area contributed by atoms with Crippen LogP contribution in [0.2, 0.25) is 5.02 Å². The first kappa shape index (κ1) is 20.0. The van der Waals surface area contributed by atoms with Crippen LogP contribution in [-0.2, 0) is 11.2 Å². The number of amides is 2. The van der Waals surface area contributed by atoms with E-state index in [-0.39, 0.29) is 10.7 Å². The van der Waals surface area contributed by atoms with Gasteiger partial charge in [-0.1, -0.05) is 41.9 Å². The molecule has 3 aromatic rings. The molecule has 2 atom stereocenters. The summed E-state index contributed by atoms with van der Waals surface area (Å²) in [6.45, 7) is 0. The molecular weight excluding hydrogens is 407 g/mol. The molecule has 2 N–H and O–H groups in total. The third-order valence-electron chi connectivity index (χ3n) is 5.24. The van der Waals surface area contributed by atoms with Crippen molar-refractivity contribution in [1.29, 1.82) is 0 Å². The molecule has 0 aliphatic heterocycles. The standard InChI is InChI=1S/C22H18ClFN4O2/c23-14-10-16-15(17(24)11-14)6-7-19(16)28(22(30)18-12-26-8-9-27-18)20(21(25)29)13-4-2-1-3-5-13/h1-5,8-12,19-20H,6-7H2,(H2,25,29)/t19-,20?/m1/s1. The van der Waals surface area contributed by atoms with Gasteiger partial charge in [-0.3, -0.25) is 14.6 Å². The first-order valence-electron chi connectivity index (χ1n) is 9.38. The minimum atomic E-state index is -1.07. The Morgan fingerprint density at radius 3 is 2.63 bits per heavy atom. The van der Waals surface area contributed by atoms with Crippen molar-refractivity contribution >= 4 is 23.4 Å². The first-order valence-corrected chi connectivity index (χ1v) is 9.76. The highest BCUT2D eigenvalue weighted by molar-refractivity contribution is 6.30. The van der Waals surface area contributed by atoms with Crippen molar-refractivity contribution in [2.45, 2.75) is 24.9 Å². The van der Waals surface area contributed by atoms with Gasteiger partial charge < -0.3 is 10.6 Å². The second kappa shape index (κ2) is 8.20. The molecule has 152 valence electrons. The van der Waals surface area contributed by atoms with Gasteiger partial charge in [-0.15, -0.1) is 0 Å². The number of hydrogen-bond donors (Lipinski definition) is 1. The van der Waals surface area contributed by atoms with E-state index in [9.17, 15) is 14.0 Å². The maximum atomic E-state index is 14.5. The molecule has 6 nitrogen and oxygen atoms in total. The van der Waals surface area contributed by atoms with E-state index >= 15 is 0 Å². The number of fused-ring (bicyclic) bond motifs is 1. The van der Waals surface area contributed by atoms with Gasteiger partial charge in [-0.25, -0.2) is 9.37 Å². The van der Waals surface area contributed by atoms with Crippen LogP contribution in [0.4, 0.5) is 4.39 Å². The SMILES string of the molecule is NC(=O)C(c1ccccc1)N(C(=O)c1cnccn1)[C@@H]1CCc2c(F)cc(Cl)cc21. The lowest BCUT2D eigenvalue weighted by molar-refractivity contribution is -0.123. The predicted molar refractivity (Wildman–Crippen MR) is 109 cm³/mol. The van der Waals surface area contributed by atoms with Gasteiger partial charge in [0.2, 0.25) is 5.91 Å². The zero-order chi connectivity index (χ0) is 21.3. The highest BCUT2D eigenvalue weighted by Crippen LogP contribution is 2.42. The molecule has 0 radical (unpaired) electrons. The van der Waals surface area contributed by atoms with Crippen molar-refractivity contribution in [3.8, 4) is 0 Å². The number of hydrogen-bond acceptors (Lipinski definition) is 4. The largest absolute Gasteiger partial charge is 0.368 e. The monoisotopic (exact) mass is 424 g/mol. The molecule has 0 saturated carbocycles. The summed E-state index contributed by atoms with van der Waals surface area (Å²) in [6.07, 6.45) is 5.01. The van der Waals surface area contributed by atoms with Gasteiger partial charge in [0.25, 0.3) is 5.91 Å². The summed E-state index contributed by atoms with van der Waals surface area (Å²) in [5.41, 5.74) is 7.44. The topological polar surface area (TPSA) is 89.2 Å². The third kappa shape index (κ3) is 3.64. The van der Waals surface area contributed by atoms with Crippen molar-refractivity contribution in [3.63, 3.8) is 0 Å². The van der Waals surface area contributed by atoms with Crippen LogP contribution in [0.1, 0.15) is 45.7 Å². The van der Waals surface area contributed by atoms with Crippen LogP contribution in [0.25, 0.3) is 0 Å². The van der Waals surface area contributed by atoms with E-state index in [4.69, 9.17) is 17.3 Å². The van der Waals surface area contributed by atoms with E-state index in [1.807, 2.05) is 0 Å². The predicted octanol–water partition coefficient (Wildman–Crippen LogP) is 3.63. The molecule has 2 amide bonds.